The summed E-state index contributed by atoms with van der Waals surface area (Å²) in [5.41, 5.74) is 6.33. The van der Waals surface area contributed by atoms with Gasteiger partial charge in [0.25, 0.3) is 0 Å². The van der Waals surface area contributed by atoms with Gasteiger partial charge in [0.2, 0.25) is 5.91 Å². The zero-order valence-electron chi connectivity index (χ0n) is 18.1. The third-order valence-corrected chi connectivity index (χ3v) is 6.57. The normalized spacial score (nSPS) is 26.3. The minimum absolute atomic E-state index is 0.0469. The SMILES string of the molecule is CCOC(=O)CC1CCC(C(=O)N2c3ccc(C(F)(F)F)cc3[C@H](N)C[C@H]2CC)CC1. The predicted molar refractivity (Wildman–Crippen MR) is 111 cm³/mol. The molecule has 0 unspecified atom stereocenters. The van der Waals surface area contributed by atoms with Crippen LogP contribution < -0.4 is 10.6 Å². The number of ether oxygens (including phenoxy) is 1. The third kappa shape index (κ3) is 5.22. The zero-order chi connectivity index (χ0) is 22.8. The van der Waals surface area contributed by atoms with E-state index in [1.807, 2.05) is 6.92 Å². The van der Waals surface area contributed by atoms with Gasteiger partial charge in [-0.05, 0) is 75.1 Å². The van der Waals surface area contributed by atoms with Gasteiger partial charge in [0.05, 0.1) is 12.2 Å². The Morgan fingerprint density at radius 3 is 2.42 bits per heavy atom. The van der Waals surface area contributed by atoms with Gasteiger partial charge in [-0.1, -0.05) is 6.92 Å². The van der Waals surface area contributed by atoms with E-state index in [0.717, 1.165) is 25.0 Å². The lowest BCUT2D eigenvalue weighted by Crippen LogP contribution is -2.49. The van der Waals surface area contributed by atoms with Crippen LogP contribution in [0.3, 0.4) is 0 Å². The van der Waals surface area contributed by atoms with Crippen molar-refractivity contribution in [2.75, 3.05) is 11.5 Å². The van der Waals surface area contributed by atoms with Crippen molar-refractivity contribution in [3.05, 3.63) is 29.3 Å². The highest BCUT2D eigenvalue weighted by Crippen LogP contribution is 2.42. The second-order valence-corrected chi connectivity index (χ2v) is 8.61. The Morgan fingerprint density at radius 1 is 1.16 bits per heavy atom. The van der Waals surface area contributed by atoms with Crippen molar-refractivity contribution >= 4 is 17.6 Å². The van der Waals surface area contributed by atoms with Crippen molar-refractivity contribution in [1.29, 1.82) is 0 Å². The van der Waals surface area contributed by atoms with Crippen LogP contribution >= 0.6 is 0 Å². The molecule has 8 heteroatoms. The van der Waals surface area contributed by atoms with Gasteiger partial charge in [-0.3, -0.25) is 9.59 Å². The molecule has 1 amide bonds. The minimum Gasteiger partial charge on any atom is -0.466 e. The van der Waals surface area contributed by atoms with Crippen molar-refractivity contribution in [1.82, 2.24) is 0 Å². The first-order valence-electron chi connectivity index (χ1n) is 11.1. The summed E-state index contributed by atoms with van der Waals surface area (Å²) < 4.78 is 44.6. The van der Waals surface area contributed by atoms with Gasteiger partial charge in [-0.2, -0.15) is 13.2 Å². The standard InChI is InChI=1S/C23H31F3N2O3/c1-3-17-13-19(27)18-12-16(23(24,25)26)9-10-20(18)28(17)22(30)15-7-5-14(6-8-15)11-21(29)31-4-2/h9-10,12,14-15,17,19H,3-8,11,13,27H2,1-2H3/t14?,15?,17-,19-/m1/s1. The van der Waals surface area contributed by atoms with Gasteiger partial charge in [0.1, 0.15) is 0 Å². The van der Waals surface area contributed by atoms with Crippen LogP contribution in [0.1, 0.15) is 76.0 Å². The van der Waals surface area contributed by atoms with Crippen molar-refractivity contribution in [3.8, 4) is 0 Å². The van der Waals surface area contributed by atoms with E-state index in [1.54, 1.807) is 11.8 Å². The number of nitrogens with zero attached hydrogens (tertiary/aromatic N) is 1. The van der Waals surface area contributed by atoms with Gasteiger partial charge < -0.3 is 15.4 Å². The number of carbonyl (C=O) groups is 2. The van der Waals surface area contributed by atoms with Crippen molar-refractivity contribution < 1.29 is 27.5 Å². The second-order valence-electron chi connectivity index (χ2n) is 8.61. The quantitative estimate of drug-likeness (QED) is 0.656. The van der Waals surface area contributed by atoms with Crippen molar-refractivity contribution in [2.45, 2.75) is 77.1 Å². The molecule has 1 aromatic carbocycles. The molecule has 0 aromatic heterocycles. The van der Waals surface area contributed by atoms with E-state index in [4.69, 9.17) is 10.5 Å². The molecule has 0 bridgehead atoms. The molecule has 1 fully saturated rings. The maximum absolute atomic E-state index is 13.5. The highest BCUT2D eigenvalue weighted by molar-refractivity contribution is 5.97. The van der Waals surface area contributed by atoms with Crippen molar-refractivity contribution in [2.24, 2.45) is 17.6 Å². The summed E-state index contributed by atoms with van der Waals surface area (Å²) in [6, 6.07) is 2.84. The van der Waals surface area contributed by atoms with Gasteiger partial charge in [0, 0.05) is 30.1 Å². The number of hydrogen-bond acceptors (Lipinski definition) is 4. The first kappa shape index (κ1) is 23.6. The van der Waals surface area contributed by atoms with E-state index < -0.39 is 17.8 Å². The van der Waals surface area contributed by atoms with Gasteiger partial charge in [0.15, 0.2) is 0 Å². The highest BCUT2D eigenvalue weighted by Gasteiger charge is 2.40. The molecule has 2 N–H and O–H groups in total. The maximum atomic E-state index is 13.5. The van der Waals surface area contributed by atoms with Crippen LogP contribution in [-0.4, -0.2) is 24.5 Å². The molecule has 1 heterocycles. The lowest BCUT2D eigenvalue weighted by molar-refractivity contribution is -0.144. The molecular formula is C23H31F3N2O3. The van der Waals surface area contributed by atoms with Crippen LogP contribution in [0.5, 0.6) is 0 Å². The second kappa shape index (κ2) is 9.59. The van der Waals surface area contributed by atoms with Gasteiger partial charge in [-0.25, -0.2) is 0 Å². The number of alkyl halides is 3. The molecule has 0 radical (unpaired) electrons. The van der Waals surface area contributed by atoms with E-state index in [0.29, 0.717) is 50.0 Å². The molecule has 172 valence electrons. The fraction of sp³-hybridized carbons (Fsp3) is 0.652. The maximum Gasteiger partial charge on any atom is 0.416 e. The molecule has 2 aliphatic rings. The molecule has 1 aliphatic carbocycles. The summed E-state index contributed by atoms with van der Waals surface area (Å²) in [5.74, 6) is -0.240. The van der Waals surface area contributed by atoms with E-state index in [2.05, 4.69) is 0 Å². The predicted octanol–water partition coefficient (Wildman–Crippen LogP) is 4.98. The molecule has 5 nitrogen and oxygen atoms in total. The smallest absolute Gasteiger partial charge is 0.416 e. The van der Waals surface area contributed by atoms with Gasteiger partial charge >= 0.3 is 12.1 Å². The number of amides is 1. The number of nitrogens with two attached hydrogens (primary N) is 1. The number of anilines is 1. The van der Waals surface area contributed by atoms with Crippen LogP contribution in [0.2, 0.25) is 0 Å². The largest absolute Gasteiger partial charge is 0.466 e. The summed E-state index contributed by atoms with van der Waals surface area (Å²) >= 11 is 0. The summed E-state index contributed by atoms with van der Waals surface area (Å²) in [6.45, 7) is 4.10. The highest BCUT2D eigenvalue weighted by atomic mass is 19.4. The molecule has 1 aromatic rings. The van der Waals surface area contributed by atoms with Crippen LogP contribution in [0, 0.1) is 11.8 Å². The summed E-state index contributed by atoms with van der Waals surface area (Å²) in [4.78, 5) is 26.9. The molecule has 3 rings (SSSR count). The van der Waals surface area contributed by atoms with Crippen LogP contribution in [0.15, 0.2) is 18.2 Å². The van der Waals surface area contributed by atoms with Crippen LogP contribution in [0.25, 0.3) is 0 Å². The summed E-state index contributed by atoms with van der Waals surface area (Å²) in [5, 5.41) is 0. The number of halogens is 3. The van der Waals surface area contributed by atoms with E-state index in [1.165, 1.54) is 6.07 Å². The molecule has 0 spiro atoms. The number of benzene rings is 1. The molecule has 2 atom stereocenters. The number of esters is 1. The Kier molecular flexibility index (Phi) is 7.29. The Labute approximate surface area is 181 Å². The Balaban J connectivity index is 1.77. The van der Waals surface area contributed by atoms with E-state index in [9.17, 15) is 22.8 Å². The molecule has 1 aliphatic heterocycles. The summed E-state index contributed by atoms with van der Waals surface area (Å²) in [6.07, 6.45) is -0.114. The Hall–Kier alpha value is -2.09. The average molecular weight is 441 g/mol. The topological polar surface area (TPSA) is 72.6 Å². The molecule has 31 heavy (non-hydrogen) atoms. The van der Waals surface area contributed by atoms with Crippen molar-refractivity contribution in [3.63, 3.8) is 0 Å². The number of rotatable bonds is 5. The number of hydrogen-bond donors (Lipinski definition) is 1. The molecular weight excluding hydrogens is 409 g/mol. The molecule has 0 saturated heterocycles. The van der Waals surface area contributed by atoms with E-state index in [-0.39, 0.29) is 29.8 Å². The average Bonchev–Trinajstić information content (AvgIpc) is 2.73. The fourth-order valence-electron chi connectivity index (χ4n) is 4.88. The van der Waals surface area contributed by atoms with Crippen LogP contribution in [-0.2, 0) is 20.5 Å². The molecule has 1 saturated carbocycles. The third-order valence-electron chi connectivity index (χ3n) is 6.57. The number of carbonyl (C=O) groups excluding carboxylic acids is 2. The number of fused-ring (bicyclic) bond motifs is 1. The minimum atomic E-state index is -4.46. The lowest BCUT2D eigenvalue weighted by atomic mass is 9.79. The summed E-state index contributed by atoms with van der Waals surface area (Å²) in [7, 11) is 0. The Morgan fingerprint density at radius 2 is 1.84 bits per heavy atom. The van der Waals surface area contributed by atoms with Gasteiger partial charge in [-0.15, -0.1) is 0 Å². The van der Waals surface area contributed by atoms with E-state index >= 15 is 0 Å². The first-order valence-corrected chi connectivity index (χ1v) is 11.1. The zero-order valence-corrected chi connectivity index (χ0v) is 18.1. The van der Waals surface area contributed by atoms with Crippen LogP contribution in [0.4, 0.5) is 18.9 Å². The fourth-order valence-corrected chi connectivity index (χ4v) is 4.88. The first-order chi connectivity index (χ1) is 14.7. The monoisotopic (exact) mass is 440 g/mol. The lowest BCUT2D eigenvalue weighted by Gasteiger charge is -2.42. The Bertz CT molecular complexity index is 804.